The maximum absolute atomic E-state index is 12.2. The lowest BCUT2D eigenvalue weighted by Crippen LogP contribution is -2.32. The zero-order valence-corrected chi connectivity index (χ0v) is 15.0. The van der Waals surface area contributed by atoms with Crippen LogP contribution in [0.2, 0.25) is 0 Å². The molecule has 6 nitrogen and oxygen atoms in total. The number of carbonyl (C=O) groups excluding carboxylic acids is 1. The largest absolute Gasteiger partial charge is 0.356 e. The Morgan fingerprint density at radius 3 is 2.46 bits per heavy atom. The number of alkyl halides is 2. The highest BCUT2D eigenvalue weighted by Crippen LogP contribution is 2.20. The van der Waals surface area contributed by atoms with E-state index < -0.39 is 18.8 Å². The van der Waals surface area contributed by atoms with Crippen molar-refractivity contribution in [2.75, 3.05) is 13.1 Å². The number of hydrogen-bond donors (Lipinski definition) is 2. The number of hydrogen-bond acceptors (Lipinski definition) is 5. The molecule has 0 fully saturated rings. The second kappa shape index (κ2) is 9.05. The smallest absolute Gasteiger partial charge is 0.243 e. The van der Waals surface area contributed by atoms with Gasteiger partial charge in [0.15, 0.2) is 5.82 Å². The van der Waals surface area contributed by atoms with Crippen molar-refractivity contribution < 1.29 is 18.1 Å². The van der Waals surface area contributed by atoms with E-state index in [0.29, 0.717) is 31.2 Å². The number of carbonyl (C=O) groups is 1. The first-order chi connectivity index (χ1) is 11.1. The first-order valence-corrected chi connectivity index (χ1v) is 8.24. The van der Waals surface area contributed by atoms with E-state index >= 15 is 0 Å². The summed E-state index contributed by atoms with van der Waals surface area (Å²) in [6.07, 6.45) is -2.19. The normalized spacial score (nSPS) is 14.7. The number of rotatable bonds is 9. The van der Waals surface area contributed by atoms with E-state index in [-0.39, 0.29) is 17.4 Å². The predicted molar refractivity (Wildman–Crippen MR) is 86.8 cm³/mol. The Labute approximate surface area is 141 Å². The molecular formula is C16H28F2N4O2. The highest BCUT2D eigenvalue weighted by molar-refractivity contribution is 5.78. The van der Waals surface area contributed by atoms with Crippen molar-refractivity contribution in [1.29, 1.82) is 0 Å². The highest BCUT2D eigenvalue weighted by Gasteiger charge is 2.23. The maximum Gasteiger partial charge on any atom is 0.243 e. The molecule has 0 aromatic carbocycles. The molecule has 0 aliphatic carbocycles. The van der Waals surface area contributed by atoms with Gasteiger partial charge in [-0.2, -0.15) is 4.98 Å². The van der Waals surface area contributed by atoms with E-state index in [4.69, 9.17) is 4.52 Å². The van der Waals surface area contributed by atoms with Crippen LogP contribution >= 0.6 is 0 Å². The Morgan fingerprint density at radius 1 is 1.25 bits per heavy atom. The molecule has 0 bridgehead atoms. The summed E-state index contributed by atoms with van der Waals surface area (Å²) in [6, 6.07) is -0.0953. The first-order valence-electron chi connectivity index (χ1n) is 8.24. The fourth-order valence-electron chi connectivity index (χ4n) is 1.97. The molecule has 1 rings (SSSR count). The van der Waals surface area contributed by atoms with E-state index in [0.717, 1.165) is 0 Å². The third-order valence-electron chi connectivity index (χ3n) is 3.57. The number of amides is 1. The van der Waals surface area contributed by atoms with Crippen molar-refractivity contribution in [3.8, 4) is 0 Å². The van der Waals surface area contributed by atoms with Gasteiger partial charge in [-0.05, 0) is 19.9 Å². The van der Waals surface area contributed by atoms with Crippen LogP contribution in [0.1, 0.15) is 65.2 Å². The quantitative estimate of drug-likeness (QED) is 0.672. The Balaban J connectivity index is 2.25. The molecule has 0 saturated heterocycles. The summed E-state index contributed by atoms with van der Waals surface area (Å²) in [5, 5.41) is 9.87. The standard InChI is InChI=1S/C16H28F2N4O2/c1-10(9-12(17)18)13(23)20-8-6-7-19-11(2)14-21-15(22-24-14)16(3,4)5/h10-12,19H,6-9H2,1-5H3,(H,20,23). The van der Waals surface area contributed by atoms with Crippen LogP contribution in [0.15, 0.2) is 4.52 Å². The van der Waals surface area contributed by atoms with Crippen LogP contribution in [0.5, 0.6) is 0 Å². The van der Waals surface area contributed by atoms with Crippen molar-refractivity contribution in [2.45, 2.75) is 65.3 Å². The minimum absolute atomic E-state index is 0.0953. The topological polar surface area (TPSA) is 80.0 Å². The van der Waals surface area contributed by atoms with Crippen molar-refractivity contribution in [3.05, 3.63) is 11.7 Å². The van der Waals surface area contributed by atoms with Gasteiger partial charge in [-0.1, -0.05) is 32.9 Å². The molecular weight excluding hydrogens is 318 g/mol. The minimum atomic E-state index is -2.46. The predicted octanol–water partition coefficient (Wildman–Crippen LogP) is 2.82. The van der Waals surface area contributed by atoms with Crippen LogP contribution in [0, 0.1) is 5.92 Å². The van der Waals surface area contributed by atoms with Gasteiger partial charge < -0.3 is 15.2 Å². The third kappa shape index (κ3) is 6.90. The summed E-state index contributed by atoms with van der Waals surface area (Å²) in [5.74, 6) is 0.169. The second-order valence-corrected chi connectivity index (χ2v) is 7.05. The van der Waals surface area contributed by atoms with Gasteiger partial charge in [0.25, 0.3) is 0 Å². The molecule has 0 aliphatic rings. The summed E-state index contributed by atoms with van der Waals surface area (Å²) in [4.78, 5) is 16.0. The highest BCUT2D eigenvalue weighted by atomic mass is 19.3. The number of nitrogens with zero attached hydrogens (tertiary/aromatic N) is 2. The Morgan fingerprint density at radius 2 is 1.92 bits per heavy atom. The molecule has 2 unspecified atom stereocenters. The summed E-state index contributed by atoms with van der Waals surface area (Å²) < 4.78 is 29.7. The molecule has 0 saturated carbocycles. The fourth-order valence-corrected chi connectivity index (χ4v) is 1.97. The van der Waals surface area contributed by atoms with E-state index in [1.165, 1.54) is 6.92 Å². The number of halogens is 2. The average Bonchev–Trinajstić information content (AvgIpc) is 2.95. The summed E-state index contributed by atoms with van der Waals surface area (Å²) in [5.41, 5.74) is -0.166. The first kappa shape index (κ1) is 20.5. The van der Waals surface area contributed by atoms with Crippen LogP contribution in [0.4, 0.5) is 8.78 Å². The van der Waals surface area contributed by atoms with Gasteiger partial charge in [-0.25, -0.2) is 8.78 Å². The Hall–Kier alpha value is -1.57. The lowest BCUT2D eigenvalue weighted by Gasteiger charge is -2.13. The van der Waals surface area contributed by atoms with Crippen molar-refractivity contribution in [3.63, 3.8) is 0 Å². The maximum atomic E-state index is 12.2. The minimum Gasteiger partial charge on any atom is -0.356 e. The van der Waals surface area contributed by atoms with Crippen LogP contribution in [0.25, 0.3) is 0 Å². The van der Waals surface area contributed by atoms with Gasteiger partial charge in [0.05, 0.1) is 6.04 Å². The van der Waals surface area contributed by atoms with Crippen molar-refractivity contribution in [1.82, 2.24) is 20.8 Å². The van der Waals surface area contributed by atoms with Gasteiger partial charge in [0.2, 0.25) is 18.2 Å². The third-order valence-corrected chi connectivity index (χ3v) is 3.57. The molecule has 2 atom stereocenters. The SMILES string of the molecule is CC(CC(F)F)C(=O)NCCCNC(C)c1nc(C(C)(C)C)no1. The lowest BCUT2D eigenvalue weighted by molar-refractivity contribution is -0.125. The van der Waals surface area contributed by atoms with Gasteiger partial charge in [0, 0.05) is 24.3 Å². The molecule has 1 aromatic rings. The monoisotopic (exact) mass is 346 g/mol. The average molecular weight is 346 g/mol. The molecule has 138 valence electrons. The van der Waals surface area contributed by atoms with Crippen LogP contribution in [-0.4, -0.2) is 35.6 Å². The molecule has 0 spiro atoms. The lowest BCUT2D eigenvalue weighted by atomic mass is 9.96. The zero-order chi connectivity index (χ0) is 18.3. The number of aromatic nitrogens is 2. The van der Waals surface area contributed by atoms with E-state index in [9.17, 15) is 13.6 Å². The van der Waals surface area contributed by atoms with E-state index in [1.807, 2.05) is 27.7 Å². The van der Waals surface area contributed by atoms with Gasteiger partial charge >= 0.3 is 0 Å². The summed E-state index contributed by atoms with van der Waals surface area (Å²) in [6.45, 7) is 10.5. The van der Waals surface area contributed by atoms with E-state index in [2.05, 4.69) is 20.8 Å². The Kier molecular flexibility index (Phi) is 7.72. The number of nitrogens with one attached hydrogen (secondary N) is 2. The molecule has 8 heteroatoms. The van der Waals surface area contributed by atoms with Gasteiger partial charge in [-0.3, -0.25) is 4.79 Å². The van der Waals surface area contributed by atoms with Gasteiger partial charge in [-0.15, -0.1) is 0 Å². The zero-order valence-electron chi connectivity index (χ0n) is 15.0. The van der Waals surface area contributed by atoms with E-state index in [1.54, 1.807) is 0 Å². The van der Waals surface area contributed by atoms with Gasteiger partial charge in [0.1, 0.15) is 0 Å². The molecule has 1 heterocycles. The second-order valence-electron chi connectivity index (χ2n) is 7.05. The molecule has 0 aliphatic heterocycles. The van der Waals surface area contributed by atoms with Crippen molar-refractivity contribution >= 4 is 5.91 Å². The van der Waals surface area contributed by atoms with Crippen LogP contribution < -0.4 is 10.6 Å². The molecule has 1 aromatic heterocycles. The van der Waals surface area contributed by atoms with Crippen LogP contribution in [0.3, 0.4) is 0 Å². The molecule has 1 amide bonds. The summed E-state index contributed by atoms with van der Waals surface area (Å²) >= 11 is 0. The summed E-state index contributed by atoms with van der Waals surface area (Å²) in [7, 11) is 0. The van der Waals surface area contributed by atoms with Crippen molar-refractivity contribution in [2.24, 2.45) is 5.92 Å². The molecule has 24 heavy (non-hydrogen) atoms. The fraction of sp³-hybridized carbons (Fsp3) is 0.812. The molecule has 0 radical (unpaired) electrons. The van der Waals surface area contributed by atoms with Crippen LogP contribution in [-0.2, 0) is 10.2 Å². The Bertz CT molecular complexity index is 514. The molecule has 2 N–H and O–H groups in total.